The van der Waals surface area contributed by atoms with Crippen molar-refractivity contribution < 1.29 is 18.7 Å². The molecule has 1 aliphatic heterocycles. The minimum atomic E-state index is -0.492. The van der Waals surface area contributed by atoms with Gasteiger partial charge in [-0.2, -0.15) is 0 Å². The molecule has 20 heavy (non-hydrogen) atoms. The lowest BCUT2D eigenvalue weighted by molar-refractivity contribution is -0.142. The second-order valence-corrected chi connectivity index (χ2v) is 4.77. The van der Waals surface area contributed by atoms with E-state index in [-0.39, 0.29) is 12.4 Å². The van der Waals surface area contributed by atoms with Crippen molar-refractivity contribution in [3.8, 4) is 5.75 Å². The summed E-state index contributed by atoms with van der Waals surface area (Å²) >= 11 is 0. The van der Waals surface area contributed by atoms with Gasteiger partial charge in [0.1, 0.15) is 11.6 Å². The Kier molecular flexibility index (Phi) is 4.79. The van der Waals surface area contributed by atoms with Crippen LogP contribution in [0.5, 0.6) is 5.75 Å². The first kappa shape index (κ1) is 14.6. The van der Waals surface area contributed by atoms with Crippen LogP contribution in [0.3, 0.4) is 0 Å². The van der Waals surface area contributed by atoms with Gasteiger partial charge in [-0.25, -0.2) is 9.18 Å². The molecule has 1 heterocycles. The predicted molar refractivity (Wildman–Crippen MR) is 73.6 cm³/mol. The van der Waals surface area contributed by atoms with Gasteiger partial charge in [0.2, 0.25) is 0 Å². The molecule has 0 aromatic heterocycles. The van der Waals surface area contributed by atoms with E-state index in [1.54, 1.807) is 12.1 Å². The van der Waals surface area contributed by atoms with E-state index >= 15 is 0 Å². The van der Waals surface area contributed by atoms with Gasteiger partial charge >= 0.3 is 5.97 Å². The Bertz CT molecular complexity index is 473. The third-order valence-corrected chi connectivity index (χ3v) is 3.35. The predicted octanol–water partition coefficient (Wildman–Crippen LogP) is 1.13. The number of ether oxygens (including phenoxy) is 2. The summed E-state index contributed by atoms with van der Waals surface area (Å²) in [6.45, 7) is 3.22. The van der Waals surface area contributed by atoms with Crippen LogP contribution in [-0.2, 0) is 9.53 Å². The van der Waals surface area contributed by atoms with E-state index < -0.39 is 5.97 Å². The molecule has 0 amide bonds. The van der Waals surface area contributed by atoms with Crippen molar-refractivity contribution in [1.29, 1.82) is 0 Å². The highest BCUT2D eigenvalue weighted by Crippen LogP contribution is 2.25. The highest BCUT2D eigenvalue weighted by Gasteiger charge is 2.17. The van der Waals surface area contributed by atoms with E-state index in [1.807, 2.05) is 4.90 Å². The molecule has 0 N–H and O–H groups in total. The van der Waals surface area contributed by atoms with Crippen LogP contribution in [0.15, 0.2) is 18.2 Å². The molecule has 1 aliphatic rings. The highest BCUT2D eigenvalue weighted by atomic mass is 19.1. The van der Waals surface area contributed by atoms with Gasteiger partial charge in [-0.15, -0.1) is 0 Å². The molecule has 110 valence electrons. The van der Waals surface area contributed by atoms with Gasteiger partial charge < -0.3 is 19.3 Å². The molecule has 0 atom stereocenters. The molecular formula is C14H19FN2O3. The Hall–Kier alpha value is -1.82. The largest absolute Gasteiger partial charge is 0.482 e. The van der Waals surface area contributed by atoms with Gasteiger partial charge in [0, 0.05) is 32.2 Å². The van der Waals surface area contributed by atoms with Crippen LogP contribution >= 0.6 is 0 Å². The average Bonchev–Trinajstić information content (AvgIpc) is 2.46. The Morgan fingerprint density at radius 2 is 2.00 bits per heavy atom. The van der Waals surface area contributed by atoms with Crippen LogP contribution in [0.2, 0.25) is 0 Å². The quantitative estimate of drug-likeness (QED) is 0.774. The van der Waals surface area contributed by atoms with E-state index in [0.29, 0.717) is 11.4 Å². The first-order valence-electron chi connectivity index (χ1n) is 6.53. The zero-order valence-electron chi connectivity index (χ0n) is 11.8. The third-order valence-electron chi connectivity index (χ3n) is 3.35. The monoisotopic (exact) mass is 282 g/mol. The SMILES string of the molecule is COC(=O)COc1ccc(N2CCN(C)CC2)c(F)c1. The maximum Gasteiger partial charge on any atom is 0.343 e. The summed E-state index contributed by atoms with van der Waals surface area (Å²) in [4.78, 5) is 15.2. The van der Waals surface area contributed by atoms with E-state index in [0.717, 1.165) is 26.2 Å². The minimum absolute atomic E-state index is 0.218. The molecular weight excluding hydrogens is 263 g/mol. The Morgan fingerprint density at radius 3 is 2.60 bits per heavy atom. The number of carbonyl (C=O) groups excluding carboxylic acids is 1. The van der Waals surface area contributed by atoms with Crippen molar-refractivity contribution in [2.45, 2.75) is 0 Å². The number of halogens is 1. The molecule has 1 fully saturated rings. The number of piperazine rings is 1. The number of likely N-dealkylation sites (N-methyl/N-ethyl adjacent to an activating group) is 1. The smallest absolute Gasteiger partial charge is 0.343 e. The number of carbonyl (C=O) groups is 1. The molecule has 0 aliphatic carbocycles. The van der Waals surface area contributed by atoms with Gasteiger partial charge in [0.15, 0.2) is 6.61 Å². The second-order valence-electron chi connectivity index (χ2n) is 4.77. The van der Waals surface area contributed by atoms with E-state index in [4.69, 9.17) is 4.74 Å². The van der Waals surface area contributed by atoms with Gasteiger partial charge in [-0.1, -0.05) is 0 Å². The number of hydrogen-bond donors (Lipinski definition) is 0. The van der Waals surface area contributed by atoms with Crippen molar-refractivity contribution in [1.82, 2.24) is 4.90 Å². The summed E-state index contributed by atoms with van der Waals surface area (Å²) < 4.78 is 23.7. The van der Waals surface area contributed by atoms with Crippen LogP contribution in [-0.4, -0.2) is 57.8 Å². The number of hydrogen-bond acceptors (Lipinski definition) is 5. The maximum absolute atomic E-state index is 14.1. The summed E-state index contributed by atoms with van der Waals surface area (Å²) in [5.41, 5.74) is 0.573. The van der Waals surface area contributed by atoms with Crippen LogP contribution in [0.4, 0.5) is 10.1 Å². The molecule has 1 saturated heterocycles. The molecule has 0 bridgehead atoms. The van der Waals surface area contributed by atoms with Gasteiger partial charge in [-0.3, -0.25) is 0 Å². The van der Waals surface area contributed by atoms with Crippen molar-refractivity contribution in [2.24, 2.45) is 0 Å². The number of rotatable bonds is 4. The molecule has 0 unspecified atom stereocenters. The number of benzene rings is 1. The van der Waals surface area contributed by atoms with E-state index in [9.17, 15) is 9.18 Å². The molecule has 1 aromatic rings. The molecule has 6 heteroatoms. The fraction of sp³-hybridized carbons (Fsp3) is 0.500. The minimum Gasteiger partial charge on any atom is -0.482 e. The first-order chi connectivity index (χ1) is 9.60. The van der Waals surface area contributed by atoms with Crippen LogP contribution in [0.1, 0.15) is 0 Å². The molecule has 0 radical (unpaired) electrons. The van der Waals surface area contributed by atoms with Crippen molar-refractivity contribution >= 4 is 11.7 Å². The van der Waals surface area contributed by atoms with Crippen LogP contribution in [0.25, 0.3) is 0 Å². The zero-order chi connectivity index (χ0) is 14.5. The Morgan fingerprint density at radius 1 is 1.30 bits per heavy atom. The van der Waals surface area contributed by atoms with E-state index in [2.05, 4.69) is 16.7 Å². The highest BCUT2D eigenvalue weighted by molar-refractivity contribution is 5.70. The summed E-state index contributed by atoms with van der Waals surface area (Å²) in [5, 5.41) is 0. The lowest BCUT2D eigenvalue weighted by Crippen LogP contribution is -2.44. The first-order valence-corrected chi connectivity index (χ1v) is 6.53. The number of methoxy groups -OCH3 is 1. The fourth-order valence-electron chi connectivity index (χ4n) is 2.08. The topological polar surface area (TPSA) is 42.0 Å². The molecule has 2 rings (SSSR count). The summed E-state index contributed by atoms with van der Waals surface area (Å²) in [5.74, 6) is -0.503. The number of nitrogens with zero attached hydrogens (tertiary/aromatic N) is 2. The standard InChI is InChI=1S/C14H19FN2O3/c1-16-5-7-17(8-6-16)13-4-3-11(9-12(13)15)20-10-14(18)19-2/h3-4,9H,5-8,10H2,1-2H3. The normalized spacial score (nSPS) is 16.1. The lowest BCUT2D eigenvalue weighted by atomic mass is 10.2. The van der Waals surface area contributed by atoms with E-state index in [1.165, 1.54) is 13.2 Å². The summed E-state index contributed by atoms with van der Waals surface area (Å²) in [6.07, 6.45) is 0. The van der Waals surface area contributed by atoms with Gasteiger partial charge in [0.25, 0.3) is 0 Å². The molecule has 5 nitrogen and oxygen atoms in total. The number of anilines is 1. The zero-order valence-corrected chi connectivity index (χ0v) is 11.8. The third kappa shape index (κ3) is 3.60. The lowest BCUT2D eigenvalue weighted by Gasteiger charge is -2.34. The van der Waals surface area contributed by atoms with Crippen molar-refractivity contribution in [2.75, 3.05) is 51.8 Å². The fourth-order valence-corrected chi connectivity index (χ4v) is 2.08. The van der Waals surface area contributed by atoms with Gasteiger partial charge in [0.05, 0.1) is 12.8 Å². The van der Waals surface area contributed by atoms with Crippen molar-refractivity contribution in [3.05, 3.63) is 24.0 Å². The van der Waals surface area contributed by atoms with Crippen molar-refractivity contribution in [3.63, 3.8) is 0 Å². The van der Waals surface area contributed by atoms with Crippen LogP contribution < -0.4 is 9.64 Å². The second kappa shape index (κ2) is 6.56. The maximum atomic E-state index is 14.1. The Labute approximate surface area is 117 Å². The summed E-state index contributed by atoms with van der Waals surface area (Å²) in [7, 11) is 3.33. The molecule has 1 aromatic carbocycles. The summed E-state index contributed by atoms with van der Waals surface area (Å²) in [6, 6.07) is 4.66. The molecule has 0 saturated carbocycles. The average molecular weight is 282 g/mol. The molecule has 0 spiro atoms. The van der Waals surface area contributed by atoms with Gasteiger partial charge in [-0.05, 0) is 19.2 Å². The Balaban J connectivity index is 2.00. The van der Waals surface area contributed by atoms with Crippen LogP contribution in [0, 0.1) is 5.82 Å². The number of esters is 1.